The van der Waals surface area contributed by atoms with Crippen molar-refractivity contribution in [2.45, 2.75) is 23.3 Å². The minimum absolute atomic E-state index is 0. The summed E-state index contributed by atoms with van der Waals surface area (Å²) in [5, 5.41) is 9.83. The number of aromatic amines is 2. The Kier molecular flexibility index (Phi) is 19.3. The number of amides is 4. The molecule has 368 valence electrons. The van der Waals surface area contributed by atoms with Gasteiger partial charge in [0.15, 0.2) is 6.03 Å². The van der Waals surface area contributed by atoms with Crippen molar-refractivity contribution in [3.8, 4) is 11.4 Å². The molecular weight excluding hydrogens is 1080 g/mol. The minimum Gasteiger partial charge on any atom is -0.424 e. The van der Waals surface area contributed by atoms with Gasteiger partial charge in [-0.2, -0.15) is 0 Å². The van der Waals surface area contributed by atoms with Crippen molar-refractivity contribution in [3.05, 3.63) is 164 Å². The maximum atomic E-state index is 14.1. The first kappa shape index (κ1) is 57.9. The standard InChI is InChI=1S/2C20H15ClFN5O5S2.2CH4.K/c2*1-23-15-9-14-12(8-13(15)22)18(28)27(20(30)25-14)11-4-2-10(3-5-11)24-19(29)26-34(31,32)17-7-6-16(21)33-17;;;/h2-9H,1H3,(H4,23,24,25,26,28,29,30);2-9,23H,1H3,(H,25,30)(H2,24,26,29);2*1H4;/q;;;;+1/p-1. The first-order valence-corrected chi connectivity index (χ1v) is 24.2. The number of aromatic nitrogens is 4. The molecule has 0 atom stereocenters. The van der Waals surface area contributed by atoms with E-state index in [0.717, 1.165) is 43.9 Å². The third-order valence-electron chi connectivity index (χ3n) is 9.32. The molecule has 0 fully saturated rings. The van der Waals surface area contributed by atoms with Crippen LogP contribution in [-0.2, 0) is 20.0 Å². The Morgan fingerprint density at radius 1 is 0.620 bits per heavy atom. The second kappa shape index (κ2) is 23.7. The van der Waals surface area contributed by atoms with Crippen LogP contribution in [0, 0.1) is 11.6 Å². The number of urea groups is 2. The van der Waals surface area contributed by atoms with E-state index in [0.29, 0.717) is 0 Å². The van der Waals surface area contributed by atoms with Crippen LogP contribution >= 0.6 is 45.9 Å². The number of thiophene rings is 2. The monoisotopic (exact) mass is 1120 g/mol. The van der Waals surface area contributed by atoms with Crippen molar-refractivity contribution in [1.82, 2.24) is 23.8 Å². The Hall–Kier alpha value is -5.72. The number of benzene rings is 4. The average Bonchev–Trinajstić information content (AvgIpc) is 3.94. The molecule has 0 radical (unpaired) electrons. The molecule has 0 saturated heterocycles. The van der Waals surface area contributed by atoms with Gasteiger partial charge in [0.25, 0.3) is 21.1 Å². The predicted octanol–water partition coefficient (Wildman–Crippen LogP) is 5.23. The summed E-state index contributed by atoms with van der Waals surface area (Å²) >= 11 is 13.0. The normalized spacial score (nSPS) is 10.9. The molecule has 0 aliphatic rings. The fourth-order valence-corrected chi connectivity index (χ4v) is 10.9. The van der Waals surface area contributed by atoms with Crippen LogP contribution in [0.2, 0.25) is 8.67 Å². The molecule has 8 aromatic rings. The maximum Gasteiger partial charge on any atom is 1.00 e. The van der Waals surface area contributed by atoms with E-state index in [2.05, 4.69) is 36.0 Å². The van der Waals surface area contributed by atoms with Crippen molar-refractivity contribution in [3.63, 3.8) is 0 Å². The molecule has 71 heavy (non-hydrogen) atoms. The summed E-state index contributed by atoms with van der Waals surface area (Å²) in [7, 11) is -5.32. The maximum absolute atomic E-state index is 14.1. The molecule has 0 saturated carbocycles. The second-order valence-corrected chi connectivity index (χ2v) is 20.8. The molecule has 0 bridgehead atoms. The van der Waals surface area contributed by atoms with Crippen LogP contribution in [0.1, 0.15) is 14.9 Å². The van der Waals surface area contributed by atoms with Crippen molar-refractivity contribution in [1.29, 1.82) is 0 Å². The number of anilines is 4. The van der Waals surface area contributed by atoms with Crippen LogP contribution in [0.15, 0.2) is 125 Å². The zero-order valence-corrected chi connectivity index (χ0v) is 43.2. The SMILES string of the molecule is C.C.CNc1cc2[nH]c(=O)n(-c3ccc(NC(=O)NS(=O)(=O)c4ccc(Cl)s4)cc3)c(=O)c2cc1F.CNc1cc2[nH]c(=O)n(-c3ccc(NC(=O)[N-]S(=O)(=O)c4ccc(Cl)s4)cc3)c(=O)c2cc1F.[K+]. The first-order chi connectivity index (χ1) is 32.2. The molecule has 29 heteroatoms. The number of halogens is 4. The quantitative estimate of drug-likeness (QED) is 0.0867. The van der Waals surface area contributed by atoms with Crippen LogP contribution in [0.5, 0.6) is 0 Å². The van der Waals surface area contributed by atoms with E-state index in [4.69, 9.17) is 23.2 Å². The molecular formula is C42H37Cl2F2KN10O10S4. The molecule has 0 aliphatic carbocycles. The van der Waals surface area contributed by atoms with Gasteiger partial charge in [-0.25, -0.2) is 53.9 Å². The molecule has 4 aromatic heterocycles. The molecule has 7 N–H and O–H groups in total. The van der Waals surface area contributed by atoms with E-state index >= 15 is 0 Å². The van der Waals surface area contributed by atoms with Crippen LogP contribution in [0.3, 0.4) is 0 Å². The Balaban J connectivity index is 0.000000296. The van der Waals surface area contributed by atoms with Gasteiger partial charge in [0.05, 0.1) is 53.2 Å². The Morgan fingerprint density at radius 2 is 1.03 bits per heavy atom. The van der Waals surface area contributed by atoms with Crippen molar-refractivity contribution in [2.24, 2.45) is 0 Å². The topological polar surface area (TPSA) is 286 Å². The zero-order valence-electron chi connectivity index (χ0n) is 35.3. The van der Waals surface area contributed by atoms with Crippen molar-refractivity contribution in [2.75, 3.05) is 35.4 Å². The molecule has 4 aromatic carbocycles. The van der Waals surface area contributed by atoms with Gasteiger partial charge in [0.2, 0.25) is 10.0 Å². The summed E-state index contributed by atoms with van der Waals surface area (Å²) in [6.45, 7) is 0. The van der Waals surface area contributed by atoms with E-state index in [9.17, 15) is 54.4 Å². The number of sulfonamides is 2. The average molecular weight is 1120 g/mol. The zero-order chi connectivity index (χ0) is 49.2. The molecule has 4 heterocycles. The van der Waals surface area contributed by atoms with Gasteiger partial charge in [0, 0.05) is 19.8 Å². The van der Waals surface area contributed by atoms with Gasteiger partial charge in [-0.1, -0.05) is 50.2 Å². The number of H-pyrrole nitrogens is 2. The van der Waals surface area contributed by atoms with Crippen LogP contribution in [0.4, 0.5) is 41.1 Å². The number of nitrogens with zero attached hydrogens (tertiary/aromatic N) is 3. The third kappa shape index (κ3) is 13.0. The van der Waals surface area contributed by atoms with Crippen LogP contribution in [-0.4, -0.2) is 62.1 Å². The number of hydrogen-bond acceptors (Lipinski definition) is 14. The summed E-state index contributed by atoms with van der Waals surface area (Å²) in [6, 6.07) is 18.6. The summed E-state index contributed by atoms with van der Waals surface area (Å²) in [5.74, 6) is -1.32. The first-order valence-electron chi connectivity index (χ1n) is 18.8. The summed E-state index contributed by atoms with van der Waals surface area (Å²) in [5.41, 5.74) is -1.76. The number of carbonyl (C=O) groups excluding carboxylic acids is 2. The largest absolute Gasteiger partial charge is 1.00 e. The van der Waals surface area contributed by atoms with Gasteiger partial charge >= 0.3 is 68.8 Å². The number of nitrogens with one attached hydrogen (secondary N) is 7. The van der Waals surface area contributed by atoms with Crippen LogP contribution in [0.25, 0.3) is 37.9 Å². The van der Waals surface area contributed by atoms with Gasteiger partial charge < -0.3 is 36.0 Å². The molecule has 4 amide bonds. The van der Waals surface area contributed by atoms with Crippen LogP contribution < -0.4 is 99.9 Å². The van der Waals surface area contributed by atoms with Gasteiger partial charge in [-0.05, 0) is 90.6 Å². The smallest absolute Gasteiger partial charge is 0.424 e. The number of carbonyl (C=O) groups is 2. The molecule has 0 aliphatic heterocycles. The Labute approximate surface area is 462 Å². The fourth-order valence-electron chi connectivity index (χ4n) is 6.22. The predicted molar refractivity (Wildman–Crippen MR) is 270 cm³/mol. The number of hydrogen-bond donors (Lipinski definition) is 7. The number of rotatable bonds is 10. The molecule has 20 nitrogen and oxygen atoms in total. The summed E-state index contributed by atoms with van der Waals surface area (Å²) < 4.78 is 83.8. The number of fused-ring (bicyclic) bond motifs is 2. The fraction of sp³-hybridized carbons (Fsp3) is 0.0952. The minimum atomic E-state index is -4.23. The van der Waals surface area contributed by atoms with Gasteiger partial charge in [0.1, 0.15) is 20.1 Å². The summed E-state index contributed by atoms with van der Waals surface area (Å²) in [6.07, 6.45) is 0. The van der Waals surface area contributed by atoms with E-state index in [1.807, 2.05) is 4.72 Å². The van der Waals surface area contributed by atoms with E-state index in [-0.39, 0.29) is 139 Å². The molecule has 0 spiro atoms. The Morgan fingerprint density at radius 3 is 1.42 bits per heavy atom. The van der Waals surface area contributed by atoms with Crippen molar-refractivity contribution < 1.29 is 86.6 Å². The molecule has 8 rings (SSSR count). The van der Waals surface area contributed by atoms with Gasteiger partial charge in [-0.3, -0.25) is 14.4 Å². The summed E-state index contributed by atoms with van der Waals surface area (Å²) in [4.78, 5) is 80.0. The Bertz CT molecular complexity index is 3550. The van der Waals surface area contributed by atoms with Gasteiger partial charge in [-0.15, -0.1) is 22.7 Å². The van der Waals surface area contributed by atoms with E-state index < -0.39 is 66.2 Å². The third-order valence-corrected chi connectivity index (χ3v) is 15.3. The van der Waals surface area contributed by atoms with E-state index in [1.54, 1.807) is 0 Å². The molecule has 0 unspecified atom stereocenters. The van der Waals surface area contributed by atoms with E-state index in [1.165, 1.54) is 99.0 Å². The van der Waals surface area contributed by atoms with Crippen molar-refractivity contribution >= 4 is 123 Å². The second-order valence-electron chi connectivity index (χ2n) is 13.7.